The van der Waals surface area contributed by atoms with Crippen LogP contribution in [0.1, 0.15) is 19.4 Å². The Balaban J connectivity index is 2.04. The maximum Gasteiger partial charge on any atom is 0.238 e. The van der Waals surface area contributed by atoms with Crippen molar-refractivity contribution in [2.75, 3.05) is 18.4 Å². The maximum absolute atomic E-state index is 13.6. The molecular weight excluding hydrogens is 307 g/mol. The van der Waals surface area contributed by atoms with E-state index >= 15 is 0 Å². The highest BCUT2D eigenvalue weighted by atomic mass is 19.1. The zero-order valence-corrected chi connectivity index (χ0v) is 14.0. The molecule has 0 saturated carbocycles. The molecule has 0 fully saturated rings. The first-order valence-electron chi connectivity index (χ1n) is 7.86. The molecule has 0 atom stereocenters. The predicted molar refractivity (Wildman–Crippen MR) is 93.0 cm³/mol. The number of nitrogens with one attached hydrogen (secondary N) is 1. The van der Waals surface area contributed by atoms with Crippen LogP contribution in [0.15, 0.2) is 54.6 Å². The summed E-state index contributed by atoms with van der Waals surface area (Å²) in [6.45, 7) is 4.30. The van der Waals surface area contributed by atoms with Crippen LogP contribution in [-0.4, -0.2) is 34.6 Å². The third-order valence-electron chi connectivity index (χ3n) is 3.37. The third kappa shape index (κ3) is 6.10. The Morgan fingerprint density at radius 3 is 2.38 bits per heavy atom. The van der Waals surface area contributed by atoms with E-state index in [1.807, 2.05) is 35.2 Å². The SMILES string of the molecule is CC(C)(O)CN(CC(=O)Nc1ccccc1F)Cc1ccccc1. The van der Waals surface area contributed by atoms with Crippen LogP contribution in [0.3, 0.4) is 0 Å². The number of nitrogens with zero attached hydrogens (tertiary/aromatic N) is 1. The number of aliphatic hydroxyl groups is 1. The molecule has 128 valence electrons. The van der Waals surface area contributed by atoms with Crippen molar-refractivity contribution in [1.82, 2.24) is 4.90 Å². The van der Waals surface area contributed by atoms with Crippen molar-refractivity contribution in [3.05, 3.63) is 66.0 Å². The van der Waals surface area contributed by atoms with Crippen LogP contribution in [0.2, 0.25) is 0 Å². The van der Waals surface area contributed by atoms with Gasteiger partial charge in [0.2, 0.25) is 5.91 Å². The molecule has 2 aromatic carbocycles. The topological polar surface area (TPSA) is 52.6 Å². The van der Waals surface area contributed by atoms with Crippen molar-refractivity contribution in [2.24, 2.45) is 0 Å². The lowest BCUT2D eigenvalue weighted by molar-refractivity contribution is -0.118. The summed E-state index contributed by atoms with van der Waals surface area (Å²) in [6, 6.07) is 15.8. The number of carbonyl (C=O) groups is 1. The molecule has 24 heavy (non-hydrogen) atoms. The van der Waals surface area contributed by atoms with Gasteiger partial charge in [-0.3, -0.25) is 9.69 Å². The van der Waals surface area contributed by atoms with Gasteiger partial charge in [0.15, 0.2) is 0 Å². The highest BCUT2D eigenvalue weighted by Gasteiger charge is 2.21. The lowest BCUT2D eigenvalue weighted by Crippen LogP contribution is -2.42. The van der Waals surface area contributed by atoms with Gasteiger partial charge in [-0.25, -0.2) is 4.39 Å². The first-order chi connectivity index (χ1) is 11.3. The Morgan fingerprint density at radius 1 is 1.12 bits per heavy atom. The van der Waals surface area contributed by atoms with Gasteiger partial charge in [-0.05, 0) is 31.5 Å². The van der Waals surface area contributed by atoms with Crippen LogP contribution in [-0.2, 0) is 11.3 Å². The fraction of sp³-hybridized carbons (Fsp3) is 0.316. The Labute approximate surface area is 141 Å². The quantitative estimate of drug-likeness (QED) is 0.820. The summed E-state index contributed by atoms with van der Waals surface area (Å²) in [5.74, 6) is -0.789. The average molecular weight is 330 g/mol. The van der Waals surface area contributed by atoms with Gasteiger partial charge in [0.1, 0.15) is 5.82 Å². The normalized spacial score (nSPS) is 11.5. The number of para-hydroxylation sites is 1. The van der Waals surface area contributed by atoms with Crippen molar-refractivity contribution < 1.29 is 14.3 Å². The van der Waals surface area contributed by atoms with Gasteiger partial charge in [0, 0.05) is 13.1 Å². The van der Waals surface area contributed by atoms with Crippen molar-refractivity contribution in [3.8, 4) is 0 Å². The van der Waals surface area contributed by atoms with E-state index in [1.54, 1.807) is 26.0 Å². The maximum atomic E-state index is 13.6. The van der Waals surface area contributed by atoms with Gasteiger partial charge in [-0.1, -0.05) is 42.5 Å². The monoisotopic (exact) mass is 330 g/mol. The summed E-state index contributed by atoms with van der Waals surface area (Å²) in [4.78, 5) is 14.1. The van der Waals surface area contributed by atoms with Gasteiger partial charge in [0.25, 0.3) is 0 Å². The summed E-state index contributed by atoms with van der Waals surface area (Å²) in [7, 11) is 0. The fourth-order valence-corrected chi connectivity index (χ4v) is 2.51. The number of benzene rings is 2. The minimum absolute atomic E-state index is 0.0627. The van der Waals surface area contributed by atoms with Gasteiger partial charge >= 0.3 is 0 Å². The zero-order chi connectivity index (χ0) is 17.6. The smallest absolute Gasteiger partial charge is 0.238 e. The minimum Gasteiger partial charge on any atom is -0.389 e. The number of hydrogen-bond acceptors (Lipinski definition) is 3. The second-order valence-electron chi connectivity index (χ2n) is 6.47. The molecule has 2 rings (SSSR count). The summed E-state index contributed by atoms with van der Waals surface area (Å²) in [5.41, 5.74) is 0.262. The van der Waals surface area contributed by atoms with Gasteiger partial charge in [-0.15, -0.1) is 0 Å². The van der Waals surface area contributed by atoms with Gasteiger partial charge in [-0.2, -0.15) is 0 Å². The van der Waals surface area contributed by atoms with E-state index < -0.39 is 11.4 Å². The van der Waals surface area contributed by atoms with E-state index in [9.17, 15) is 14.3 Å². The molecule has 5 heteroatoms. The summed E-state index contributed by atoms with van der Waals surface area (Å²) < 4.78 is 13.6. The molecule has 0 spiro atoms. The number of amides is 1. The van der Waals surface area contributed by atoms with E-state index in [0.29, 0.717) is 13.1 Å². The van der Waals surface area contributed by atoms with Crippen LogP contribution >= 0.6 is 0 Å². The number of rotatable bonds is 7. The van der Waals surface area contributed by atoms with Crippen LogP contribution in [0.5, 0.6) is 0 Å². The van der Waals surface area contributed by atoms with E-state index in [4.69, 9.17) is 0 Å². The fourth-order valence-electron chi connectivity index (χ4n) is 2.51. The van der Waals surface area contributed by atoms with E-state index in [-0.39, 0.29) is 18.1 Å². The van der Waals surface area contributed by atoms with Crippen LogP contribution < -0.4 is 5.32 Å². The molecule has 0 aliphatic carbocycles. The van der Waals surface area contributed by atoms with Gasteiger partial charge < -0.3 is 10.4 Å². The third-order valence-corrected chi connectivity index (χ3v) is 3.37. The molecule has 2 aromatic rings. The average Bonchev–Trinajstić information content (AvgIpc) is 2.49. The Hall–Kier alpha value is -2.24. The van der Waals surface area contributed by atoms with E-state index in [2.05, 4.69) is 5.32 Å². The number of halogens is 1. The molecule has 0 aliphatic rings. The highest BCUT2D eigenvalue weighted by molar-refractivity contribution is 5.92. The summed E-state index contributed by atoms with van der Waals surface area (Å²) >= 11 is 0. The summed E-state index contributed by atoms with van der Waals surface area (Å²) in [6.07, 6.45) is 0. The van der Waals surface area contributed by atoms with E-state index in [0.717, 1.165) is 5.56 Å². The molecule has 4 nitrogen and oxygen atoms in total. The van der Waals surface area contributed by atoms with Gasteiger partial charge in [0.05, 0.1) is 17.8 Å². The van der Waals surface area contributed by atoms with Crippen LogP contribution in [0.4, 0.5) is 10.1 Å². The standard InChI is InChI=1S/C19H23FN2O2/c1-19(2,24)14-22(12-15-8-4-3-5-9-15)13-18(23)21-17-11-7-6-10-16(17)20/h3-11,24H,12-14H2,1-2H3,(H,21,23). The first-order valence-corrected chi connectivity index (χ1v) is 7.86. The molecule has 0 unspecified atom stereocenters. The van der Waals surface area contributed by atoms with Crippen molar-refractivity contribution in [3.63, 3.8) is 0 Å². The number of carbonyl (C=O) groups excluding carboxylic acids is 1. The van der Waals surface area contributed by atoms with Crippen molar-refractivity contribution >= 4 is 11.6 Å². The molecule has 0 aromatic heterocycles. The molecule has 0 bridgehead atoms. The van der Waals surface area contributed by atoms with Crippen molar-refractivity contribution in [1.29, 1.82) is 0 Å². The van der Waals surface area contributed by atoms with E-state index in [1.165, 1.54) is 12.1 Å². The summed E-state index contributed by atoms with van der Waals surface area (Å²) in [5, 5.41) is 12.7. The minimum atomic E-state index is -0.937. The predicted octanol–water partition coefficient (Wildman–Crippen LogP) is 3.04. The second-order valence-corrected chi connectivity index (χ2v) is 6.47. The molecule has 1 amide bonds. The lowest BCUT2D eigenvalue weighted by atomic mass is 10.1. The van der Waals surface area contributed by atoms with Crippen molar-refractivity contribution in [2.45, 2.75) is 26.0 Å². The molecule has 0 saturated heterocycles. The number of hydrogen-bond donors (Lipinski definition) is 2. The molecule has 0 radical (unpaired) electrons. The highest BCUT2D eigenvalue weighted by Crippen LogP contribution is 2.14. The van der Waals surface area contributed by atoms with Crippen LogP contribution in [0.25, 0.3) is 0 Å². The molecular formula is C19H23FN2O2. The lowest BCUT2D eigenvalue weighted by Gasteiger charge is -2.28. The zero-order valence-electron chi connectivity index (χ0n) is 14.0. The number of anilines is 1. The second kappa shape index (κ2) is 8.04. The molecule has 0 aliphatic heterocycles. The Kier molecular flexibility index (Phi) is 6.06. The van der Waals surface area contributed by atoms with Crippen LogP contribution in [0, 0.1) is 5.82 Å². The molecule has 2 N–H and O–H groups in total. The Bertz CT molecular complexity index is 669. The Morgan fingerprint density at radius 2 is 1.75 bits per heavy atom. The first kappa shape index (κ1) is 18.1. The molecule has 0 heterocycles. The largest absolute Gasteiger partial charge is 0.389 e.